The fraction of sp³-hybridized carbons (Fsp3) is 0.636. The molecule has 1 rings (SSSR count). The molecule has 0 heteroatoms. The second-order valence-corrected chi connectivity index (χ2v) is 3.19. The van der Waals surface area contributed by atoms with Crippen molar-refractivity contribution in [1.82, 2.24) is 0 Å². The average Bonchev–Trinajstić information content (AvgIpc) is 2.27. The summed E-state index contributed by atoms with van der Waals surface area (Å²) in [6.07, 6.45) is 11.3. The van der Waals surface area contributed by atoms with E-state index in [1.165, 1.54) is 32.1 Å². The standard InChI is InChI=1S/C11H18/c1-3-10-8-6-5-7-9-11(10)4-2/h3-4H,5-9H2,1-2H3. The Morgan fingerprint density at radius 2 is 1.27 bits per heavy atom. The van der Waals surface area contributed by atoms with Gasteiger partial charge in [0.05, 0.1) is 0 Å². The minimum absolute atomic E-state index is 1.30. The Morgan fingerprint density at radius 1 is 0.818 bits per heavy atom. The molecule has 0 atom stereocenters. The summed E-state index contributed by atoms with van der Waals surface area (Å²) in [5, 5.41) is 0. The van der Waals surface area contributed by atoms with Gasteiger partial charge < -0.3 is 0 Å². The summed E-state index contributed by atoms with van der Waals surface area (Å²) < 4.78 is 0. The first-order chi connectivity index (χ1) is 5.38. The maximum atomic E-state index is 2.28. The summed E-state index contributed by atoms with van der Waals surface area (Å²) in [6.45, 7) is 4.31. The molecular formula is C11H18. The summed E-state index contributed by atoms with van der Waals surface area (Å²) in [4.78, 5) is 0. The van der Waals surface area contributed by atoms with Gasteiger partial charge in [-0.05, 0) is 50.7 Å². The molecule has 62 valence electrons. The van der Waals surface area contributed by atoms with Crippen LogP contribution in [0.4, 0.5) is 0 Å². The van der Waals surface area contributed by atoms with Gasteiger partial charge in [0.15, 0.2) is 0 Å². The normalized spacial score (nSPS) is 27.5. The molecule has 0 nitrogen and oxygen atoms in total. The van der Waals surface area contributed by atoms with Crippen LogP contribution >= 0.6 is 0 Å². The zero-order chi connectivity index (χ0) is 8.10. The number of hydrogen-bond donors (Lipinski definition) is 0. The van der Waals surface area contributed by atoms with Gasteiger partial charge in [-0.2, -0.15) is 0 Å². The van der Waals surface area contributed by atoms with E-state index in [1.54, 1.807) is 11.1 Å². The number of rotatable bonds is 0. The van der Waals surface area contributed by atoms with E-state index in [0.717, 1.165) is 0 Å². The Kier molecular flexibility index (Phi) is 3.41. The van der Waals surface area contributed by atoms with Gasteiger partial charge in [0, 0.05) is 0 Å². The zero-order valence-electron chi connectivity index (χ0n) is 7.69. The van der Waals surface area contributed by atoms with Crippen LogP contribution in [0.5, 0.6) is 0 Å². The van der Waals surface area contributed by atoms with Crippen molar-refractivity contribution in [2.75, 3.05) is 0 Å². The van der Waals surface area contributed by atoms with Crippen LogP contribution < -0.4 is 0 Å². The molecule has 0 aromatic heterocycles. The molecule has 0 saturated heterocycles. The van der Waals surface area contributed by atoms with Crippen molar-refractivity contribution in [3.8, 4) is 0 Å². The Labute approximate surface area is 70.0 Å². The second kappa shape index (κ2) is 4.38. The first-order valence-electron chi connectivity index (χ1n) is 4.69. The fourth-order valence-corrected chi connectivity index (χ4v) is 1.79. The van der Waals surface area contributed by atoms with Crippen LogP contribution in [0.2, 0.25) is 0 Å². The van der Waals surface area contributed by atoms with Crippen LogP contribution in [0, 0.1) is 0 Å². The summed E-state index contributed by atoms with van der Waals surface area (Å²) >= 11 is 0. The van der Waals surface area contributed by atoms with Gasteiger partial charge >= 0.3 is 0 Å². The van der Waals surface area contributed by atoms with Crippen molar-refractivity contribution in [3.05, 3.63) is 23.3 Å². The van der Waals surface area contributed by atoms with E-state index < -0.39 is 0 Å². The minimum Gasteiger partial charge on any atom is -0.0842 e. The molecule has 0 spiro atoms. The van der Waals surface area contributed by atoms with Crippen LogP contribution in [-0.2, 0) is 0 Å². The van der Waals surface area contributed by atoms with Gasteiger partial charge in [-0.15, -0.1) is 0 Å². The molecular weight excluding hydrogens is 132 g/mol. The highest BCUT2D eigenvalue weighted by atomic mass is 14.1. The van der Waals surface area contributed by atoms with Gasteiger partial charge in [0.1, 0.15) is 0 Å². The Bertz CT molecular complexity index is 152. The van der Waals surface area contributed by atoms with Gasteiger partial charge in [-0.1, -0.05) is 18.6 Å². The highest BCUT2D eigenvalue weighted by Crippen LogP contribution is 2.26. The lowest BCUT2D eigenvalue weighted by Gasteiger charge is -2.05. The van der Waals surface area contributed by atoms with Crippen LogP contribution in [0.25, 0.3) is 0 Å². The molecule has 0 bridgehead atoms. The number of hydrogen-bond acceptors (Lipinski definition) is 0. The summed E-state index contributed by atoms with van der Waals surface area (Å²) in [5.74, 6) is 0. The third-order valence-electron chi connectivity index (χ3n) is 2.50. The molecule has 0 heterocycles. The van der Waals surface area contributed by atoms with Crippen molar-refractivity contribution in [2.24, 2.45) is 0 Å². The SMILES string of the molecule is CC=C1CCCCCC1=CC. The third kappa shape index (κ3) is 2.21. The lowest BCUT2D eigenvalue weighted by atomic mass is 10.0. The summed E-state index contributed by atoms with van der Waals surface area (Å²) in [5.41, 5.74) is 3.18. The smallest absolute Gasteiger partial charge is 0.0280 e. The van der Waals surface area contributed by atoms with Crippen molar-refractivity contribution < 1.29 is 0 Å². The molecule has 1 saturated carbocycles. The zero-order valence-corrected chi connectivity index (χ0v) is 7.69. The molecule has 1 aliphatic carbocycles. The van der Waals surface area contributed by atoms with Gasteiger partial charge in [0.2, 0.25) is 0 Å². The molecule has 0 radical (unpaired) electrons. The Hall–Kier alpha value is -0.520. The molecule has 0 aromatic rings. The first kappa shape index (κ1) is 8.58. The highest BCUT2D eigenvalue weighted by molar-refractivity contribution is 5.30. The maximum Gasteiger partial charge on any atom is -0.0280 e. The second-order valence-electron chi connectivity index (χ2n) is 3.19. The van der Waals surface area contributed by atoms with Crippen LogP contribution in [0.3, 0.4) is 0 Å². The molecule has 0 aliphatic heterocycles. The van der Waals surface area contributed by atoms with Gasteiger partial charge in [-0.25, -0.2) is 0 Å². The molecule has 11 heavy (non-hydrogen) atoms. The van der Waals surface area contributed by atoms with Crippen LogP contribution in [0.1, 0.15) is 46.0 Å². The summed E-state index contributed by atoms with van der Waals surface area (Å²) in [6, 6.07) is 0. The van der Waals surface area contributed by atoms with Crippen molar-refractivity contribution in [1.29, 1.82) is 0 Å². The monoisotopic (exact) mass is 150 g/mol. The largest absolute Gasteiger partial charge is 0.0842 e. The lowest BCUT2D eigenvalue weighted by molar-refractivity contribution is 0.719. The molecule has 0 N–H and O–H groups in total. The molecule has 0 aromatic carbocycles. The lowest BCUT2D eigenvalue weighted by Crippen LogP contribution is -1.85. The van der Waals surface area contributed by atoms with Crippen molar-refractivity contribution in [3.63, 3.8) is 0 Å². The predicted octanol–water partition coefficient (Wildman–Crippen LogP) is 3.84. The predicted molar refractivity (Wildman–Crippen MR) is 50.6 cm³/mol. The van der Waals surface area contributed by atoms with E-state index in [9.17, 15) is 0 Å². The van der Waals surface area contributed by atoms with Crippen LogP contribution in [-0.4, -0.2) is 0 Å². The highest BCUT2D eigenvalue weighted by Gasteiger charge is 2.07. The minimum atomic E-state index is 1.30. The van der Waals surface area contributed by atoms with E-state index in [1.807, 2.05) is 0 Å². The maximum absolute atomic E-state index is 2.28. The van der Waals surface area contributed by atoms with Crippen LogP contribution in [0.15, 0.2) is 23.3 Å². The molecule has 1 aliphatic rings. The van der Waals surface area contributed by atoms with Gasteiger partial charge in [0.25, 0.3) is 0 Å². The summed E-state index contributed by atoms with van der Waals surface area (Å²) in [7, 11) is 0. The quantitative estimate of drug-likeness (QED) is 0.460. The van der Waals surface area contributed by atoms with Crippen molar-refractivity contribution in [2.45, 2.75) is 46.0 Å². The average molecular weight is 150 g/mol. The van der Waals surface area contributed by atoms with E-state index in [4.69, 9.17) is 0 Å². The molecule has 1 fully saturated rings. The fourth-order valence-electron chi connectivity index (χ4n) is 1.79. The third-order valence-corrected chi connectivity index (χ3v) is 2.50. The van der Waals surface area contributed by atoms with E-state index in [2.05, 4.69) is 26.0 Å². The Balaban J connectivity index is 2.71. The Morgan fingerprint density at radius 3 is 1.64 bits per heavy atom. The van der Waals surface area contributed by atoms with E-state index >= 15 is 0 Å². The van der Waals surface area contributed by atoms with Gasteiger partial charge in [-0.3, -0.25) is 0 Å². The first-order valence-corrected chi connectivity index (χ1v) is 4.69. The molecule has 0 unspecified atom stereocenters. The number of allylic oxidation sites excluding steroid dienone is 4. The van der Waals surface area contributed by atoms with E-state index in [0.29, 0.717) is 0 Å². The van der Waals surface area contributed by atoms with Crippen molar-refractivity contribution >= 4 is 0 Å². The van der Waals surface area contributed by atoms with E-state index in [-0.39, 0.29) is 0 Å². The topological polar surface area (TPSA) is 0 Å². The molecule has 0 amide bonds.